The molecule has 0 aromatic heterocycles. The maximum atomic E-state index is 14.3. The Labute approximate surface area is 134 Å². The summed E-state index contributed by atoms with van der Waals surface area (Å²) in [5, 5.41) is 0. The highest BCUT2D eigenvalue weighted by Crippen LogP contribution is 2.34. The minimum absolute atomic E-state index is 0.0778. The van der Waals surface area contributed by atoms with Crippen LogP contribution in [0.4, 0.5) is 4.39 Å². The Hall–Kier alpha value is -1.87. The fraction of sp³-hybridized carbons (Fsp3) is 0.500. The van der Waals surface area contributed by atoms with Gasteiger partial charge in [0.15, 0.2) is 11.5 Å². The zero-order valence-corrected chi connectivity index (χ0v) is 13.7. The third-order valence-corrected chi connectivity index (χ3v) is 5.73. The number of primary amides is 1. The van der Waals surface area contributed by atoms with Crippen molar-refractivity contribution in [3.63, 3.8) is 0 Å². The monoisotopic (exact) mass is 346 g/mol. The highest BCUT2D eigenvalue weighted by molar-refractivity contribution is 7.89. The molecule has 2 N–H and O–H groups in total. The Morgan fingerprint density at radius 3 is 2.43 bits per heavy atom. The molecule has 0 spiro atoms. The van der Waals surface area contributed by atoms with Crippen LogP contribution in [0.5, 0.6) is 11.5 Å². The fourth-order valence-electron chi connectivity index (χ4n) is 2.64. The molecule has 1 aliphatic rings. The summed E-state index contributed by atoms with van der Waals surface area (Å²) in [6.07, 6.45) is 1.59. The summed E-state index contributed by atoms with van der Waals surface area (Å²) in [4.78, 5) is 11.0. The molecule has 0 radical (unpaired) electrons. The van der Waals surface area contributed by atoms with Crippen LogP contribution in [0, 0.1) is 5.82 Å². The van der Waals surface area contributed by atoms with Crippen LogP contribution in [-0.2, 0) is 14.8 Å². The fourth-order valence-corrected chi connectivity index (χ4v) is 4.36. The molecule has 1 heterocycles. The molecule has 23 heavy (non-hydrogen) atoms. The number of benzene rings is 1. The van der Waals surface area contributed by atoms with E-state index in [4.69, 9.17) is 15.2 Å². The average molecular weight is 346 g/mol. The topological polar surface area (TPSA) is 98.9 Å². The molecule has 1 atom stereocenters. The summed E-state index contributed by atoms with van der Waals surface area (Å²) in [5.74, 6) is -1.56. The number of carbonyl (C=O) groups is 1. The van der Waals surface area contributed by atoms with E-state index in [1.807, 2.05) is 0 Å². The zero-order valence-electron chi connectivity index (χ0n) is 12.9. The molecule has 9 heteroatoms. The van der Waals surface area contributed by atoms with Gasteiger partial charge in [-0.1, -0.05) is 6.42 Å². The largest absolute Gasteiger partial charge is 0.493 e. The summed E-state index contributed by atoms with van der Waals surface area (Å²) in [7, 11) is -1.59. The van der Waals surface area contributed by atoms with Gasteiger partial charge in [0.2, 0.25) is 15.9 Å². The van der Waals surface area contributed by atoms with Gasteiger partial charge < -0.3 is 15.2 Å². The van der Waals surface area contributed by atoms with Crippen molar-refractivity contribution in [2.24, 2.45) is 5.73 Å². The van der Waals surface area contributed by atoms with E-state index in [-0.39, 0.29) is 18.0 Å². The van der Waals surface area contributed by atoms with Gasteiger partial charge in [0.05, 0.1) is 14.2 Å². The van der Waals surface area contributed by atoms with E-state index in [9.17, 15) is 17.6 Å². The molecule has 128 valence electrons. The van der Waals surface area contributed by atoms with Crippen LogP contribution in [0.15, 0.2) is 17.0 Å². The van der Waals surface area contributed by atoms with E-state index >= 15 is 0 Å². The van der Waals surface area contributed by atoms with Gasteiger partial charge >= 0.3 is 0 Å². The summed E-state index contributed by atoms with van der Waals surface area (Å²) in [6, 6.07) is 1.02. The zero-order chi connectivity index (χ0) is 17.2. The molecule has 1 aromatic rings. The van der Waals surface area contributed by atoms with E-state index in [1.54, 1.807) is 0 Å². The number of piperidine rings is 1. The van der Waals surface area contributed by atoms with E-state index in [0.29, 0.717) is 19.3 Å². The quantitative estimate of drug-likeness (QED) is 0.853. The van der Waals surface area contributed by atoms with Gasteiger partial charge in [-0.3, -0.25) is 4.79 Å². The minimum atomic E-state index is -4.22. The van der Waals surface area contributed by atoms with Crippen LogP contribution in [0.25, 0.3) is 0 Å². The van der Waals surface area contributed by atoms with E-state index in [1.165, 1.54) is 14.2 Å². The van der Waals surface area contributed by atoms with Crippen molar-refractivity contribution in [1.82, 2.24) is 4.31 Å². The standard InChI is InChI=1S/C14H19FN2O5S/c1-21-11-7-9(15)13(8-12(11)22-2)23(19,20)17-6-4-3-5-10(17)14(16)18/h7-8,10H,3-6H2,1-2H3,(H2,16,18)/t10-/m1/s1. The van der Waals surface area contributed by atoms with Gasteiger partial charge in [-0.2, -0.15) is 4.31 Å². The number of nitrogens with two attached hydrogens (primary N) is 1. The number of methoxy groups -OCH3 is 2. The number of hydrogen-bond donors (Lipinski definition) is 1. The molecular weight excluding hydrogens is 327 g/mol. The van der Waals surface area contributed by atoms with E-state index in [0.717, 1.165) is 16.4 Å². The van der Waals surface area contributed by atoms with Crippen molar-refractivity contribution in [1.29, 1.82) is 0 Å². The summed E-state index contributed by atoms with van der Waals surface area (Å²) < 4.78 is 50.7. The number of sulfonamides is 1. The van der Waals surface area contributed by atoms with Crippen molar-refractivity contribution in [3.8, 4) is 11.5 Å². The van der Waals surface area contributed by atoms with Crippen LogP contribution in [0.2, 0.25) is 0 Å². The number of halogens is 1. The first kappa shape index (κ1) is 17.5. The second-order valence-corrected chi connectivity index (χ2v) is 7.03. The lowest BCUT2D eigenvalue weighted by molar-refractivity contribution is -0.122. The van der Waals surface area contributed by atoms with E-state index in [2.05, 4.69) is 0 Å². The number of carbonyl (C=O) groups excluding carboxylic acids is 1. The molecule has 0 unspecified atom stereocenters. The Kier molecular flexibility index (Phi) is 5.10. The SMILES string of the molecule is COc1cc(F)c(S(=O)(=O)N2CCCC[C@@H]2C(N)=O)cc1OC. The van der Waals surface area contributed by atoms with Gasteiger partial charge in [-0.25, -0.2) is 12.8 Å². The number of amides is 1. The lowest BCUT2D eigenvalue weighted by atomic mass is 10.0. The lowest BCUT2D eigenvalue weighted by Crippen LogP contribution is -2.50. The van der Waals surface area contributed by atoms with Crippen molar-refractivity contribution in [3.05, 3.63) is 17.9 Å². The molecule has 1 saturated heterocycles. The molecule has 0 aliphatic carbocycles. The number of ether oxygens (including phenoxy) is 2. The molecule has 2 rings (SSSR count). The first-order chi connectivity index (χ1) is 10.8. The first-order valence-corrected chi connectivity index (χ1v) is 8.49. The molecule has 0 bridgehead atoms. The molecule has 1 fully saturated rings. The number of nitrogens with zero attached hydrogens (tertiary/aromatic N) is 1. The van der Waals surface area contributed by atoms with Crippen molar-refractivity contribution >= 4 is 15.9 Å². The second kappa shape index (κ2) is 6.71. The van der Waals surface area contributed by atoms with E-state index < -0.39 is 32.7 Å². The Balaban J connectivity index is 2.52. The van der Waals surface area contributed by atoms with Gasteiger partial charge in [-0.15, -0.1) is 0 Å². The highest BCUT2D eigenvalue weighted by atomic mass is 32.2. The minimum Gasteiger partial charge on any atom is -0.493 e. The predicted molar refractivity (Wildman–Crippen MR) is 80.2 cm³/mol. The normalized spacial score (nSPS) is 19.3. The van der Waals surface area contributed by atoms with Crippen LogP contribution >= 0.6 is 0 Å². The molecular formula is C14H19FN2O5S. The van der Waals surface area contributed by atoms with Crippen LogP contribution in [0.1, 0.15) is 19.3 Å². The van der Waals surface area contributed by atoms with Gasteiger partial charge in [0.1, 0.15) is 16.8 Å². The molecule has 1 amide bonds. The van der Waals surface area contributed by atoms with Gasteiger partial charge in [0, 0.05) is 18.7 Å². The van der Waals surface area contributed by atoms with Crippen molar-refractivity contribution in [2.75, 3.05) is 20.8 Å². The lowest BCUT2D eigenvalue weighted by Gasteiger charge is -2.32. The Bertz CT molecular complexity index is 707. The average Bonchev–Trinajstić information content (AvgIpc) is 2.54. The molecule has 0 saturated carbocycles. The maximum absolute atomic E-state index is 14.3. The predicted octanol–water partition coefficient (Wildman–Crippen LogP) is 0.871. The maximum Gasteiger partial charge on any atom is 0.246 e. The van der Waals surface area contributed by atoms with Crippen LogP contribution in [-0.4, -0.2) is 45.4 Å². The third kappa shape index (κ3) is 3.25. The highest BCUT2D eigenvalue weighted by Gasteiger charge is 2.38. The number of hydrogen-bond acceptors (Lipinski definition) is 5. The van der Waals surface area contributed by atoms with Gasteiger partial charge in [-0.05, 0) is 12.8 Å². The number of rotatable bonds is 5. The van der Waals surface area contributed by atoms with Gasteiger partial charge in [0.25, 0.3) is 0 Å². The van der Waals surface area contributed by atoms with Crippen LogP contribution in [0.3, 0.4) is 0 Å². The third-order valence-electron chi connectivity index (χ3n) is 3.81. The van der Waals surface area contributed by atoms with Crippen molar-refractivity contribution in [2.45, 2.75) is 30.2 Å². The van der Waals surface area contributed by atoms with Crippen LogP contribution < -0.4 is 15.2 Å². The first-order valence-electron chi connectivity index (χ1n) is 7.05. The second-order valence-electron chi connectivity index (χ2n) is 5.17. The van der Waals surface area contributed by atoms with Crippen molar-refractivity contribution < 1.29 is 27.1 Å². The Morgan fingerprint density at radius 1 is 1.26 bits per heavy atom. The molecule has 7 nitrogen and oxygen atoms in total. The smallest absolute Gasteiger partial charge is 0.246 e. The summed E-state index contributed by atoms with van der Waals surface area (Å²) in [5.41, 5.74) is 5.29. The summed E-state index contributed by atoms with van der Waals surface area (Å²) in [6.45, 7) is 0.115. The Morgan fingerprint density at radius 2 is 1.87 bits per heavy atom. The molecule has 1 aliphatic heterocycles. The molecule has 1 aromatic carbocycles. The summed E-state index contributed by atoms with van der Waals surface area (Å²) >= 11 is 0.